The Labute approximate surface area is 253 Å². The van der Waals surface area contributed by atoms with E-state index < -0.39 is 23.4 Å². The van der Waals surface area contributed by atoms with Crippen LogP contribution in [0.4, 0.5) is 26.4 Å². The van der Waals surface area contributed by atoms with Crippen LogP contribution >= 0.6 is 0 Å². The SMILES string of the molecule is CC(C)(C)OC(=O)N1Cc2c(-c3cnc4cc(F)ccn34)ccc(Nc3ccc(N4CCC(OCC=O)CC4)cn3)c2C1=O. The molecule has 228 valence electrons. The highest BCUT2D eigenvalue weighted by atomic mass is 19.1. The van der Waals surface area contributed by atoms with Gasteiger partial charge in [0.1, 0.15) is 35.8 Å². The number of carbonyl (C=O) groups excluding carboxylic acids is 3. The van der Waals surface area contributed by atoms with Gasteiger partial charge in [-0.15, -0.1) is 0 Å². The molecule has 5 heterocycles. The number of hydrogen-bond acceptors (Lipinski definition) is 9. The van der Waals surface area contributed by atoms with Gasteiger partial charge in [-0.2, -0.15) is 0 Å². The van der Waals surface area contributed by atoms with Gasteiger partial charge in [-0.1, -0.05) is 6.07 Å². The molecule has 2 amide bonds. The maximum Gasteiger partial charge on any atom is 0.417 e. The van der Waals surface area contributed by atoms with Gasteiger partial charge in [0.25, 0.3) is 5.91 Å². The third-order valence-electron chi connectivity index (χ3n) is 7.67. The standard InChI is InChI=1S/C32H33FN6O5/c1-32(2,3)44-31(42)39-19-24-23(26-18-35-28-16-20(33)8-13-38(26)28)5-6-25(29(24)30(39)41)36-27-7-4-21(17-34-27)37-11-9-22(10-12-37)43-15-14-40/h4-8,13-14,16-18,22H,9-12,15,19H2,1-3H3,(H,34,36). The Morgan fingerprint density at radius 2 is 1.91 bits per heavy atom. The molecule has 0 atom stereocenters. The van der Waals surface area contributed by atoms with Gasteiger partial charge in [0.2, 0.25) is 0 Å². The number of ether oxygens (including phenoxy) is 2. The van der Waals surface area contributed by atoms with Crippen molar-refractivity contribution in [2.24, 2.45) is 0 Å². The Bertz CT molecular complexity index is 1720. The van der Waals surface area contributed by atoms with Gasteiger partial charge in [-0.25, -0.2) is 24.1 Å². The van der Waals surface area contributed by atoms with Crippen LogP contribution in [0.25, 0.3) is 16.9 Å². The van der Waals surface area contributed by atoms with Gasteiger partial charge in [0, 0.05) is 30.9 Å². The molecule has 1 N–H and O–H groups in total. The number of rotatable bonds is 7. The lowest BCUT2D eigenvalue weighted by Gasteiger charge is -2.33. The van der Waals surface area contributed by atoms with Crippen LogP contribution in [0, 0.1) is 5.82 Å². The Morgan fingerprint density at radius 3 is 2.61 bits per heavy atom. The lowest BCUT2D eigenvalue weighted by Crippen LogP contribution is -2.37. The molecule has 6 rings (SSSR count). The topological polar surface area (TPSA) is 118 Å². The van der Waals surface area contributed by atoms with Crippen LogP contribution in [-0.2, 0) is 20.8 Å². The first-order valence-corrected chi connectivity index (χ1v) is 14.5. The van der Waals surface area contributed by atoms with E-state index in [4.69, 9.17) is 9.47 Å². The van der Waals surface area contributed by atoms with E-state index in [1.807, 2.05) is 18.2 Å². The molecular weight excluding hydrogens is 567 g/mol. The average molecular weight is 601 g/mol. The lowest BCUT2D eigenvalue weighted by molar-refractivity contribution is -0.114. The zero-order valence-corrected chi connectivity index (χ0v) is 24.7. The van der Waals surface area contributed by atoms with Crippen LogP contribution < -0.4 is 10.2 Å². The maximum absolute atomic E-state index is 13.9. The molecule has 0 unspecified atom stereocenters. The molecule has 0 spiro atoms. The second kappa shape index (κ2) is 11.7. The number of imide groups is 1. The van der Waals surface area contributed by atoms with Crippen molar-refractivity contribution in [1.29, 1.82) is 0 Å². The molecule has 0 saturated carbocycles. The van der Waals surface area contributed by atoms with Crippen molar-refractivity contribution in [1.82, 2.24) is 19.3 Å². The molecule has 0 aliphatic carbocycles. The molecule has 2 aliphatic heterocycles. The summed E-state index contributed by atoms with van der Waals surface area (Å²) in [6, 6.07) is 10.1. The van der Waals surface area contributed by atoms with E-state index in [1.54, 1.807) is 49.8 Å². The zero-order valence-electron chi connectivity index (χ0n) is 24.7. The summed E-state index contributed by atoms with van der Waals surface area (Å²) in [5.41, 5.74) is 3.38. The minimum Gasteiger partial charge on any atom is -0.443 e. The Morgan fingerprint density at radius 1 is 1.11 bits per heavy atom. The van der Waals surface area contributed by atoms with Gasteiger partial charge in [-0.3, -0.25) is 9.20 Å². The van der Waals surface area contributed by atoms with E-state index in [0.717, 1.165) is 42.8 Å². The van der Waals surface area contributed by atoms with E-state index in [0.29, 0.717) is 39.5 Å². The first kappa shape index (κ1) is 29.2. The number of halogens is 1. The largest absolute Gasteiger partial charge is 0.443 e. The molecule has 0 bridgehead atoms. The monoisotopic (exact) mass is 600 g/mol. The van der Waals surface area contributed by atoms with Crippen LogP contribution in [-0.4, -0.2) is 69.0 Å². The van der Waals surface area contributed by atoms with Crippen LogP contribution in [0.1, 0.15) is 49.5 Å². The number of carbonyl (C=O) groups is 3. The molecule has 12 heteroatoms. The van der Waals surface area contributed by atoms with Crippen molar-refractivity contribution in [2.75, 3.05) is 29.9 Å². The first-order valence-electron chi connectivity index (χ1n) is 14.5. The third-order valence-corrected chi connectivity index (χ3v) is 7.67. The van der Waals surface area contributed by atoms with E-state index in [-0.39, 0.29) is 19.3 Å². The normalized spacial score (nSPS) is 15.5. The second-order valence-corrected chi connectivity index (χ2v) is 11.8. The number of imidazole rings is 1. The summed E-state index contributed by atoms with van der Waals surface area (Å²) in [5.74, 6) is -0.367. The van der Waals surface area contributed by atoms with Gasteiger partial charge in [0.15, 0.2) is 0 Å². The number of aromatic nitrogens is 3. The Kier molecular flexibility index (Phi) is 7.76. The Balaban J connectivity index is 1.29. The van der Waals surface area contributed by atoms with Crippen LogP contribution in [0.5, 0.6) is 0 Å². The molecule has 44 heavy (non-hydrogen) atoms. The molecular formula is C32H33FN6O5. The molecule has 1 aromatic carbocycles. The molecule has 1 fully saturated rings. The van der Waals surface area contributed by atoms with E-state index >= 15 is 0 Å². The van der Waals surface area contributed by atoms with Crippen LogP contribution in [0.15, 0.2) is 55.0 Å². The highest BCUT2D eigenvalue weighted by molar-refractivity contribution is 6.11. The summed E-state index contributed by atoms with van der Waals surface area (Å²) >= 11 is 0. The molecule has 4 aromatic rings. The summed E-state index contributed by atoms with van der Waals surface area (Å²) in [7, 11) is 0. The lowest BCUT2D eigenvalue weighted by atomic mass is 9.99. The van der Waals surface area contributed by atoms with Crippen LogP contribution in [0.3, 0.4) is 0 Å². The van der Waals surface area contributed by atoms with Crippen molar-refractivity contribution in [3.05, 3.63) is 71.9 Å². The number of anilines is 3. The molecule has 3 aromatic heterocycles. The molecule has 11 nitrogen and oxygen atoms in total. The highest BCUT2D eigenvalue weighted by Crippen LogP contribution is 2.39. The van der Waals surface area contributed by atoms with Crippen LogP contribution in [0.2, 0.25) is 0 Å². The van der Waals surface area contributed by atoms with Gasteiger partial charge >= 0.3 is 6.09 Å². The van der Waals surface area contributed by atoms with Crippen molar-refractivity contribution < 1.29 is 28.2 Å². The van der Waals surface area contributed by atoms with Gasteiger partial charge < -0.3 is 24.5 Å². The summed E-state index contributed by atoms with van der Waals surface area (Å²) in [6.07, 6.45) is 6.74. The van der Waals surface area contributed by atoms with Crippen molar-refractivity contribution in [3.8, 4) is 11.3 Å². The summed E-state index contributed by atoms with van der Waals surface area (Å²) in [6.45, 7) is 6.93. The minimum absolute atomic E-state index is 0.00123. The molecule has 2 aliphatic rings. The smallest absolute Gasteiger partial charge is 0.417 e. The second-order valence-electron chi connectivity index (χ2n) is 11.8. The molecule has 1 saturated heterocycles. The third kappa shape index (κ3) is 5.85. The fourth-order valence-corrected chi connectivity index (χ4v) is 5.63. The van der Waals surface area contributed by atoms with E-state index in [9.17, 15) is 18.8 Å². The highest BCUT2D eigenvalue weighted by Gasteiger charge is 2.39. The number of nitrogens with zero attached hydrogens (tertiary/aromatic N) is 5. The fourth-order valence-electron chi connectivity index (χ4n) is 5.63. The number of amides is 2. The summed E-state index contributed by atoms with van der Waals surface area (Å²) in [5, 5.41) is 3.27. The van der Waals surface area contributed by atoms with Crippen molar-refractivity contribution >= 4 is 41.1 Å². The number of benzene rings is 1. The number of nitrogens with one attached hydrogen (secondary N) is 1. The molecule has 0 radical (unpaired) electrons. The predicted molar refractivity (Wildman–Crippen MR) is 161 cm³/mol. The number of piperidine rings is 1. The summed E-state index contributed by atoms with van der Waals surface area (Å²) < 4.78 is 26.7. The Hall–Kier alpha value is -4.84. The number of fused-ring (bicyclic) bond motifs is 2. The van der Waals surface area contributed by atoms with E-state index in [2.05, 4.69) is 20.2 Å². The number of aldehydes is 1. The van der Waals surface area contributed by atoms with Crippen molar-refractivity contribution in [3.63, 3.8) is 0 Å². The maximum atomic E-state index is 13.9. The predicted octanol–water partition coefficient (Wildman–Crippen LogP) is 5.35. The minimum atomic E-state index is -0.786. The van der Waals surface area contributed by atoms with Crippen molar-refractivity contribution in [2.45, 2.75) is 51.9 Å². The fraction of sp³-hybridized carbons (Fsp3) is 0.344. The number of hydrogen-bond donors (Lipinski definition) is 1. The average Bonchev–Trinajstić information content (AvgIpc) is 3.57. The van der Waals surface area contributed by atoms with E-state index in [1.165, 1.54) is 12.1 Å². The van der Waals surface area contributed by atoms with Gasteiger partial charge in [0.05, 0.1) is 47.7 Å². The number of pyridine rings is 2. The summed E-state index contributed by atoms with van der Waals surface area (Å²) in [4.78, 5) is 49.7. The quantitative estimate of drug-likeness (QED) is 0.280. The zero-order chi connectivity index (χ0) is 31.0. The van der Waals surface area contributed by atoms with Gasteiger partial charge in [-0.05, 0) is 63.4 Å². The first-order chi connectivity index (χ1) is 21.1.